The molecule has 2 aromatic rings. The quantitative estimate of drug-likeness (QED) is 0.644. The van der Waals surface area contributed by atoms with Gasteiger partial charge in [-0.05, 0) is 24.6 Å². The summed E-state index contributed by atoms with van der Waals surface area (Å²) in [6.45, 7) is 1.73. The summed E-state index contributed by atoms with van der Waals surface area (Å²) in [5.74, 6) is -3.77. The maximum atomic E-state index is 13.5. The minimum atomic E-state index is -1.13. The highest BCUT2D eigenvalue weighted by Crippen LogP contribution is 2.18. The number of aliphatic hydroxyl groups is 1. The second-order valence-corrected chi connectivity index (χ2v) is 5.78. The van der Waals surface area contributed by atoms with Crippen LogP contribution in [0.2, 0.25) is 0 Å². The number of amides is 2. The van der Waals surface area contributed by atoms with Gasteiger partial charge in [-0.25, -0.2) is 8.78 Å². The third kappa shape index (κ3) is 6.12. The van der Waals surface area contributed by atoms with Gasteiger partial charge in [0.2, 0.25) is 0 Å². The van der Waals surface area contributed by atoms with Gasteiger partial charge in [0.05, 0.1) is 25.0 Å². The zero-order chi connectivity index (χ0) is 19.8. The fourth-order valence-electron chi connectivity index (χ4n) is 2.29. The molecule has 0 fully saturated rings. The van der Waals surface area contributed by atoms with E-state index in [0.717, 1.165) is 29.3 Å². The largest absolute Gasteiger partial charge is 0.394 e. The summed E-state index contributed by atoms with van der Waals surface area (Å²) in [6.07, 6.45) is -0.583. The van der Waals surface area contributed by atoms with E-state index < -0.39 is 35.2 Å². The van der Waals surface area contributed by atoms with E-state index in [1.54, 1.807) is 0 Å². The average molecular weight is 378 g/mol. The zero-order valence-electron chi connectivity index (χ0n) is 14.7. The number of ether oxygens (including phenoxy) is 1. The first-order valence-electron chi connectivity index (χ1n) is 8.24. The highest BCUT2D eigenvalue weighted by molar-refractivity contribution is 6.39. The molecule has 0 saturated heterocycles. The van der Waals surface area contributed by atoms with Gasteiger partial charge in [0, 0.05) is 12.6 Å². The standard InChI is InChI=1S/C19H20F2N2O4/c1-12-2-4-13(5-3-12)17(27-9-8-24)11-22-18(25)19(26)23-16-10-14(20)6-7-15(16)21/h2-7,10,17,24H,8-9,11H2,1H3,(H,22,25)(H,23,26). The van der Waals surface area contributed by atoms with Gasteiger partial charge in [-0.15, -0.1) is 0 Å². The summed E-state index contributed by atoms with van der Waals surface area (Å²) in [6, 6.07) is 9.88. The monoisotopic (exact) mass is 378 g/mol. The first kappa shape index (κ1) is 20.5. The van der Waals surface area contributed by atoms with Crippen LogP contribution in [0.25, 0.3) is 0 Å². The highest BCUT2D eigenvalue weighted by Gasteiger charge is 2.19. The van der Waals surface area contributed by atoms with Gasteiger partial charge in [0.1, 0.15) is 11.6 Å². The average Bonchev–Trinajstić information content (AvgIpc) is 2.65. The van der Waals surface area contributed by atoms with Crippen LogP contribution in [0.4, 0.5) is 14.5 Å². The summed E-state index contributed by atoms with van der Waals surface area (Å²) in [5.41, 5.74) is 1.37. The molecule has 0 bridgehead atoms. The lowest BCUT2D eigenvalue weighted by Gasteiger charge is -2.18. The molecule has 27 heavy (non-hydrogen) atoms. The Morgan fingerprint density at radius 3 is 2.48 bits per heavy atom. The van der Waals surface area contributed by atoms with Crippen molar-refractivity contribution in [1.82, 2.24) is 5.32 Å². The lowest BCUT2D eigenvalue weighted by molar-refractivity contribution is -0.136. The summed E-state index contributed by atoms with van der Waals surface area (Å²) >= 11 is 0. The molecule has 0 aliphatic carbocycles. The Hall–Kier alpha value is -2.84. The van der Waals surface area contributed by atoms with E-state index in [1.165, 1.54) is 0 Å². The van der Waals surface area contributed by atoms with Gasteiger partial charge < -0.3 is 20.5 Å². The maximum absolute atomic E-state index is 13.5. The third-order valence-electron chi connectivity index (χ3n) is 3.69. The van der Waals surface area contributed by atoms with Crippen molar-refractivity contribution in [3.8, 4) is 0 Å². The molecule has 2 amide bonds. The normalized spacial score (nSPS) is 11.7. The number of carbonyl (C=O) groups is 2. The van der Waals surface area contributed by atoms with E-state index in [-0.39, 0.29) is 19.8 Å². The lowest BCUT2D eigenvalue weighted by Crippen LogP contribution is -2.38. The molecule has 0 heterocycles. The number of benzene rings is 2. The SMILES string of the molecule is Cc1ccc(C(CNC(=O)C(=O)Nc2cc(F)ccc2F)OCCO)cc1. The van der Waals surface area contributed by atoms with Gasteiger partial charge in [-0.3, -0.25) is 9.59 Å². The molecule has 0 spiro atoms. The predicted molar refractivity (Wildman–Crippen MR) is 95.0 cm³/mol. The molecule has 0 aliphatic heterocycles. The minimum Gasteiger partial charge on any atom is -0.394 e. The van der Waals surface area contributed by atoms with Crippen LogP contribution in [0.1, 0.15) is 17.2 Å². The molecular formula is C19H20F2N2O4. The van der Waals surface area contributed by atoms with Crippen molar-refractivity contribution in [3.05, 3.63) is 65.2 Å². The van der Waals surface area contributed by atoms with Gasteiger partial charge in [0.15, 0.2) is 0 Å². The predicted octanol–water partition coefficient (Wildman–Crippen LogP) is 2.08. The minimum absolute atomic E-state index is 0.0407. The van der Waals surface area contributed by atoms with Crippen molar-refractivity contribution in [3.63, 3.8) is 0 Å². The van der Waals surface area contributed by atoms with E-state index in [9.17, 15) is 18.4 Å². The van der Waals surface area contributed by atoms with Crippen LogP contribution in [0.5, 0.6) is 0 Å². The van der Waals surface area contributed by atoms with Crippen molar-refractivity contribution in [1.29, 1.82) is 0 Å². The van der Waals surface area contributed by atoms with Gasteiger partial charge in [0.25, 0.3) is 0 Å². The molecule has 2 rings (SSSR count). The number of anilines is 1. The van der Waals surface area contributed by atoms with E-state index in [0.29, 0.717) is 0 Å². The number of halogens is 2. The maximum Gasteiger partial charge on any atom is 0.313 e. The molecule has 8 heteroatoms. The lowest BCUT2D eigenvalue weighted by atomic mass is 10.1. The number of aliphatic hydroxyl groups excluding tert-OH is 1. The smallest absolute Gasteiger partial charge is 0.313 e. The molecule has 1 atom stereocenters. The van der Waals surface area contributed by atoms with Crippen LogP contribution < -0.4 is 10.6 Å². The van der Waals surface area contributed by atoms with Crippen LogP contribution in [0.15, 0.2) is 42.5 Å². The van der Waals surface area contributed by atoms with E-state index in [2.05, 4.69) is 5.32 Å². The Labute approximate surface area is 155 Å². The first-order chi connectivity index (χ1) is 12.9. The molecule has 0 radical (unpaired) electrons. The number of rotatable bonds is 7. The van der Waals surface area contributed by atoms with Crippen LogP contribution in [-0.2, 0) is 14.3 Å². The summed E-state index contributed by atoms with van der Waals surface area (Å²) in [5, 5.41) is 13.3. The molecule has 2 aromatic carbocycles. The topological polar surface area (TPSA) is 87.7 Å². The molecule has 144 valence electrons. The van der Waals surface area contributed by atoms with Crippen molar-refractivity contribution >= 4 is 17.5 Å². The van der Waals surface area contributed by atoms with Gasteiger partial charge >= 0.3 is 11.8 Å². The fourth-order valence-corrected chi connectivity index (χ4v) is 2.29. The molecular weight excluding hydrogens is 358 g/mol. The fraction of sp³-hybridized carbons (Fsp3) is 0.263. The van der Waals surface area contributed by atoms with Gasteiger partial charge in [-0.2, -0.15) is 0 Å². The molecule has 1 unspecified atom stereocenters. The van der Waals surface area contributed by atoms with Crippen molar-refractivity contribution < 1.29 is 28.2 Å². The Bertz CT molecular complexity index is 797. The Kier molecular flexibility index (Phi) is 7.39. The Morgan fingerprint density at radius 1 is 1.11 bits per heavy atom. The van der Waals surface area contributed by atoms with E-state index in [4.69, 9.17) is 9.84 Å². The first-order valence-corrected chi connectivity index (χ1v) is 8.24. The number of nitrogens with one attached hydrogen (secondary N) is 2. The highest BCUT2D eigenvalue weighted by atomic mass is 19.1. The Morgan fingerprint density at radius 2 is 1.81 bits per heavy atom. The molecule has 0 saturated carbocycles. The number of hydrogen-bond donors (Lipinski definition) is 3. The van der Waals surface area contributed by atoms with Crippen LogP contribution in [0.3, 0.4) is 0 Å². The van der Waals surface area contributed by atoms with Crippen LogP contribution >= 0.6 is 0 Å². The molecule has 0 aliphatic rings. The second kappa shape index (κ2) is 9.75. The van der Waals surface area contributed by atoms with E-state index >= 15 is 0 Å². The molecule has 6 nitrogen and oxygen atoms in total. The van der Waals surface area contributed by atoms with Crippen LogP contribution in [0, 0.1) is 18.6 Å². The second-order valence-electron chi connectivity index (χ2n) is 5.78. The van der Waals surface area contributed by atoms with Crippen molar-refractivity contribution in [2.45, 2.75) is 13.0 Å². The number of carbonyl (C=O) groups excluding carboxylic acids is 2. The number of aryl methyl sites for hydroxylation is 1. The van der Waals surface area contributed by atoms with Crippen LogP contribution in [-0.4, -0.2) is 36.7 Å². The summed E-state index contributed by atoms with van der Waals surface area (Å²) < 4.78 is 32.2. The number of hydrogen-bond acceptors (Lipinski definition) is 4. The summed E-state index contributed by atoms with van der Waals surface area (Å²) in [4.78, 5) is 23.9. The zero-order valence-corrected chi connectivity index (χ0v) is 14.7. The molecule has 0 aromatic heterocycles. The molecule has 3 N–H and O–H groups in total. The van der Waals surface area contributed by atoms with E-state index in [1.807, 2.05) is 36.5 Å². The van der Waals surface area contributed by atoms with Gasteiger partial charge in [-0.1, -0.05) is 29.8 Å². The Balaban J connectivity index is 1.98. The summed E-state index contributed by atoms with van der Waals surface area (Å²) in [7, 11) is 0. The van der Waals surface area contributed by atoms with Crippen molar-refractivity contribution in [2.24, 2.45) is 0 Å². The third-order valence-corrected chi connectivity index (χ3v) is 3.69. The van der Waals surface area contributed by atoms with Crippen molar-refractivity contribution in [2.75, 3.05) is 25.1 Å².